The van der Waals surface area contributed by atoms with Crippen LogP contribution in [0.4, 0.5) is 0 Å². The molecule has 7 heteroatoms. The summed E-state index contributed by atoms with van der Waals surface area (Å²) in [5.74, 6) is -0.0518. The predicted octanol–water partition coefficient (Wildman–Crippen LogP) is 3.70. The van der Waals surface area contributed by atoms with Gasteiger partial charge >= 0.3 is 153 Å². The van der Waals surface area contributed by atoms with E-state index in [-0.39, 0.29) is 30.4 Å². The summed E-state index contributed by atoms with van der Waals surface area (Å²) < 4.78 is 22.6. The predicted molar refractivity (Wildman–Crippen MR) is 95.9 cm³/mol. The van der Waals surface area contributed by atoms with Gasteiger partial charge in [0.2, 0.25) is 0 Å². The van der Waals surface area contributed by atoms with Gasteiger partial charge in [0.25, 0.3) is 0 Å². The molecule has 0 N–H and O–H groups in total. The van der Waals surface area contributed by atoms with Gasteiger partial charge in [-0.2, -0.15) is 0 Å². The van der Waals surface area contributed by atoms with Crippen LogP contribution < -0.4 is 0 Å². The molecule has 0 aromatic carbocycles. The summed E-state index contributed by atoms with van der Waals surface area (Å²) in [6.07, 6.45) is 2.83. The molecule has 0 saturated carbocycles. The van der Waals surface area contributed by atoms with Crippen molar-refractivity contribution < 1.29 is 22.8 Å². The topological polar surface area (TPSA) is 54.0 Å². The molecule has 138 valence electrons. The van der Waals surface area contributed by atoms with Crippen molar-refractivity contribution in [1.29, 1.82) is 0 Å². The fourth-order valence-electron chi connectivity index (χ4n) is 2.04. The first-order valence-electron chi connectivity index (χ1n) is 8.51. The molecule has 0 amide bonds. The van der Waals surface area contributed by atoms with Crippen molar-refractivity contribution in [1.82, 2.24) is 0 Å². The molecule has 5 nitrogen and oxygen atoms in total. The Labute approximate surface area is 153 Å². The Bertz CT molecular complexity index is 309. The van der Waals surface area contributed by atoms with Crippen molar-refractivity contribution in [2.45, 2.75) is 68.4 Å². The van der Waals surface area contributed by atoms with Crippen LogP contribution in [0.3, 0.4) is 0 Å². The van der Waals surface area contributed by atoms with E-state index in [9.17, 15) is 4.79 Å². The molecule has 0 bridgehead atoms. The summed E-state index contributed by atoms with van der Waals surface area (Å²) in [5, 5.41) is 0. The second-order valence-corrected chi connectivity index (χ2v) is 12.5. The van der Waals surface area contributed by atoms with Gasteiger partial charge in [0, 0.05) is 0 Å². The molecule has 0 aliphatic heterocycles. The third-order valence-electron chi connectivity index (χ3n) is 3.46. The van der Waals surface area contributed by atoms with Gasteiger partial charge in [0.15, 0.2) is 0 Å². The van der Waals surface area contributed by atoms with Gasteiger partial charge in [-0.15, -0.1) is 0 Å². The van der Waals surface area contributed by atoms with Crippen LogP contribution in [-0.2, 0) is 22.8 Å². The van der Waals surface area contributed by atoms with Gasteiger partial charge in [-0.3, -0.25) is 0 Å². The van der Waals surface area contributed by atoms with Gasteiger partial charge < -0.3 is 0 Å². The van der Waals surface area contributed by atoms with Gasteiger partial charge in [-0.05, 0) is 0 Å². The Morgan fingerprint density at radius 3 is 1.91 bits per heavy atom. The number of carbonyl (C=O) groups excluding carboxylic acids is 1. The molecule has 0 unspecified atom stereocenters. The first kappa shape index (κ1) is 23.4. The number of hydrogen-bond donors (Lipinski definition) is 0. The van der Waals surface area contributed by atoms with E-state index < -0.39 is 8.80 Å². The normalized spacial score (nSPS) is 12.4. The molecule has 0 spiro atoms. The molecule has 23 heavy (non-hydrogen) atoms. The minimum absolute atomic E-state index is 0.0518. The number of ether oxygens (including phenoxy) is 1. The Balaban J connectivity index is 4.09. The Morgan fingerprint density at radius 1 is 0.957 bits per heavy atom. The van der Waals surface area contributed by atoms with E-state index >= 15 is 0 Å². The van der Waals surface area contributed by atoms with E-state index in [1.807, 2.05) is 34.6 Å². The molecule has 0 radical (unpaired) electrons. The molecule has 0 saturated heterocycles. The Morgan fingerprint density at radius 2 is 1.48 bits per heavy atom. The standard InChI is InChI=1S/C16H34O5SiTe/c1-7-19-22(20-8-2,21-9-3)14-12-10-11-13-18-15(17)16(4,5)23-6/h7-14H2,1-6H3. The van der Waals surface area contributed by atoms with Gasteiger partial charge in [0.1, 0.15) is 0 Å². The van der Waals surface area contributed by atoms with Crippen LogP contribution in [0.2, 0.25) is 14.5 Å². The third kappa shape index (κ3) is 9.42. The number of rotatable bonds is 14. The Kier molecular flexibility index (Phi) is 12.9. The van der Waals surface area contributed by atoms with Crippen molar-refractivity contribution in [3.8, 4) is 0 Å². The first-order chi connectivity index (χ1) is 10.9. The molecular formula is C16H34O5SiTe. The van der Waals surface area contributed by atoms with Gasteiger partial charge in [-0.1, -0.05) is 0 Å². The molecule has 0 fully saturated rings. The van der Waals surface area contributed by atoms with E-state index in [1.54, 1.807) is 0 Å². The van der Waals surface area contributed by atoms with E-state index in [0.717, 1.165) is 25.3 Å². The zero-order valence-corrected chi connectivity index (χ0v) is 18.9. The quantitative estimate of drug-likeness (QED) is 0.224. The van der Waals surface area contributed by atoms with E-state index in [1.165, 1.54) is 0 Å². The van der Waals surface area contributed by atoms with E-state index in [4.69, 9.17) is 18.0 Å². The van der Waals surface area contributed by atoms with Crippen LogP contribution >= 0.6 is 0 Å². The van der Waals surface area contributed by atoms with E-state index in [0.29, 0.717) is 26.4 Å². The molecule has 0 rings (SSSR count). The van der Waals surface area contributed by atoms with Crippen LogP contribution in [-0.4, -0.2) is 62.1 Å². The van der Waals surface area contributed by atoms with Crippen molar-refractivity contribution >= 4 is 35.7 Å². The van der Waals surface area contributed by atoms with Crippen molar-refractivity contribution in [3.63, 3.8) is 0 Å². The number of carbonyl (C=O) groups is 1. The monoisotopic (exact) mass is 464 g/mol. The fourth-order valence-corrected chi connectivity index (χ4v) is 5.37. The van der Waals surface area contributed by atoms with Crippen LogP contribution in [0.5, 0.6) is 0 Å². The SMILES string of the molecule is CCO[Si](CCCCCOC(=O)C(C)(C)[Te]C)(OCC)OCC. The summed E-state index contributed by atoms with van der Waals surface area (Å²) in [4.78, 5) is 14.0. The van der Waals surface area contributed by atoms with Crippen LogP contribution in [0, 0.1) is 0 Å². The number of hydrogen-bond acceptors (Lipinski definition) is 5. The molecule has 0 atom stereocenters. The zero-order valence-electron chi connectivity index (χ0n) is 15.6. The Hall–Kier alpha value is 0.356. The molecule has 0 aliphatic rings. The number of unbranched alkanes of at least 4 members (excludes halogenated alkanes) is 2. The van der Waals surface area contributed by atoms with Crippen LogP contribution in [0.25, 0.3) is 0 Å². The second-order valence-electron chi connectivity index (χ2n) is 5.64. The summed E-state index contributed by atoms with van der Waals surface area (Å²) in [5.41, 5.74) is 0. The molecule has 0 aromatic heterocycles. The summed E-state index contributed by atoms with van der Waals surface area (Å²) >= 11 is -0.328. The molecule has 0 aromatic rings. The summed E-state index contributed by atoms with van der Waals surface area (Å²) in [6.45, 7) is 12.2. The molecule has 0 heterocycles. The first-order valence-corrected chi connectivity index (χ1v) is 13.9. The van der Waals surface area contributed by atoms with Gasteiger partial charge in [0.05, 0.1) is 0 Å². The fraction of sp³-hybridized carbons (Fsp3) is 0.938. The maximum atomic E-state index is 11.9. The van der Waals surface area contributed by atoms with Crippen molar-refractivity contribution in [2.24, 2.45) is 0 Å². The molecular weight excluding hydrogens is 428 g/mol. The van der Waals surface area contributed by atoms with Crippen LogP contribution in [0.1, 0.15) is 53.9 Å². The van der Waals surface area contributed by atoms with Crippen molar-refractivity contribution in [2.75, 3.05) is 26.4 Å². The second kappa shape index (κ2) is 12.7. The summed E-state index contributed by atoms with van der Waals surface area (Å²) in [6, 6.07) is 0.823. The minimum atomic E-state index is -2.52. The third-order valence-corrected chi connectivity index (χ3v) is 10.00. The van der Waals surface area contributed by atoms with Crippen molar-refractivity contribution in [3.05, 3.63) is 0 Å². The summed E-state index contributed by atoms with van der Waals surface area (Å²) in [7, 11) is -2.52. The van der Waals surface area contributed by atoms with E-state index in [2.05, 4.69) is 4.97 Å². The molecule has 0 aliphatic carbocycles. The van der Waals surface area contributed by atoms with Gasteiger partial charge in [-0.25, -0.2) is 0 Å². The average Bonchev–Trinajstić information content (AvgIpc) is 2.51. The number of esters is 1. The van der Waals surface area contributed by atoms with Crippen LogP contribution in [0.15, 0.2) is 0 Å². The zero-order chi connectivity index (χ0) is 17.8. The average molecular weight is 462 g/mol. The maximum absolute atomic E-state index is 11.9.